The van der Waals surface area contributed by atoms with Crippen molar-refractivity contribution in [2.75, 3.05) is 11.4 Å². The zero-order valence-corrected chi connectivity index (χ0v) is 13.2. The van der Waals surface area contributed by atoms with Gasteiger partial charge in [-0.3, -0.25) is 0 Å². The first-order valence-corrected chi connectivity index (χ1v) is 7.79. The first-order valence-electron chi connectivity index (χ1n) is 6.98. The highest BCUT2D eigenvalue weighted by molar-refractivity contribution is 7.17. The Morgan fingerprint density at radius 3 is 2.67 bits per heavy atom. The third-order valence-electron chi connectivity index (χ3n) is 3.64. The van der Waals surface area contributed by atoms with Crippen LogP contribution in [-0.2, 0) is 11.8 Å². The highest BCUT2D eigenvalue weighted by Crippen LogP contribution is 2.40. The molecule has 0 radical (unpaired) electrons. The van der Waals surface area contributed by atoms with Gasteiger partial charge in [-0.1, -0.05) is 50.3 Å². The summed E-state index contributed by atoms with van der Waals surface area (Å²) in [4.78, 5) is 18.6. The molecule has 0 saturated carbocycles. The molecule has 3 rings (SSSR count). The Hall–Kier alpha value is -1.88. The van der Waals surface area contributed by atoms with Gasteiger partial charge in [0, 0.05) is 17.6 Å². The highest BCUT2D eigenvalue weighted by Gasteiger charge is 2.30. The maximum absolute atomic E-state index is 11.5. The summed E-state index contributed by atoms with van der Waals surface area (Å²) >= 11 is 1.27. The van der Waals surface area contributed by atoms with Gasteiger partial charge in [0.1, 0.15) is 4.88 Å². The fraction of sp³-hybridized carbons (Fsp3) is 0.375. The number of aromatic nitrogens is 1. The van der Waals surface area contributed by atoms with E-state index in [-0.39, 0.29) is 5.41 Å². The number of aromatic carboxylic acids is 1. The first-order chi connectivity index (χ1) is 9.88. The molecule has 2 heterocycles. The maximum Gasteiger partial charge on any atom is 0.347 e. The Morgan fingerprint density at radius 2 is 2.05 bits per heavy atom. The van der Waals surface area contributed by atoms with Crippen LogP contribution in [0.15, 0.2) is 24.3 Å². The standard InChI is InChI=1S/C16H18N2O2S/c1-16(2,3)13-12(14(19)20)21-15(17-13)18-9-8-10-6-4-5-7-11(10)18/h4-7H,8-9H2,1-3H3,(H,19,20). The summed E-state index contributed by atoms with van der Waals surface area (Å²) in [7, 11) is 0. The van der Waals surface area contributed by atoms with Gasteiger partial charge in [-0.25, -0.2) is 9.78 Å². The van der Waals surface area contributed by atoms with E-state index < -0.39 is 5.97 Å². The van der Waals surface area contributed by atoms with Crippen LogP contribution in [0.4, 0.5) is 10.8 Å². The van der Waals surface area contributed by atoms with E-state index in [1.165, 1.54) is 16.9 Å². The maximum atomic E-state index is 11.5. The molecule has 0 unspecified atom stereocenters. The highest BCUT2D eigenvalue weighted by atomic mass is 32.1. The number of hydrogen-bond donors (Lipinski definition) is 1. The van der Waals surface area contributed by atoms with Gasteiger partial charge in [0.05, 0.1) is 5.69 Å². The molecule has 0 atom stereocenters. The second-order valence-corrected chi connectivity index (χ2v) is 7.24. The first kappa shape index (κ1) is 14.1. The largest absolute Gasteiger partial charge is 0.477 e. The minimum absolute atomic E-state index is 0.276. The zero-order chi connectivity index (χ0) is 15.2. The average molecular weight is 302 g/mol. The van der Waals surface area contributed by atoms with Crippen molar-refractivity contribution in [2.24, 2.45) is 0 Å². The molecule has 1 N–H and O–H groups in total. The number of carboxylic acid groups (broad SMARTS) is 1. The molecule has 4 nitrogen and oxygen atoms in total. The summed E-state index contributed by atoms with van der Waals surface area (Å²) < 4.78 is 0. The summed E-state index contributed by atoms with van der Waals surface area (Å²) in [6.07, 6.45) is 0.975. The summed E-state index contributed by atoms with van der Waals surface area (Å²) in [6.45, 7) is 6.85. The van der Waals surface area contributed by atoms with Crippen molar-refractivity contribution in [1.82, 2.24) is 4.98 Å². The van der Waals surface area contributed by atoms with Gasteiger partial charge < -0.3 is 10.0 Å². The second-order valence-electron chi connectivity index (χ2n) is 6.26. The van der Waals surface area contributed by atoms with E-state index in [0.29, 0.717) is 10.6 Å². The van der Waals surface area contributed by atoms with Crippen LogP contribution in [0.5, 0.6) is 0 Å². The molecular weight excluding hydrogens is 284 g/mol. The molecule has 0 spiro atoms. The Labute approximate surface area is 128 Å². The fourth-order valence-electron chi connectivity index (χ4n) is 2.61. The van der Waals surface area contributed by atoms with E-state index in [9.17, 15) is 9.90 Å². The molecule has 110 valence electrons. The van der Waals surface area contributed by atoms with Gasteiger partial charge in [-0.2, -0.15) is 0 Å². The normalized spacial score (nSPS) is 14.3. The van der Waals surface area contributed by atoms with Crippen molar-refractivity contribution in [3.8, 4) is 0 Å². The van der Waals surface area contributed by atoms with Gasteiger partial charge >= 0.3 is 5.97 Å². The van der Waals surface area contributed by atoms with E-state index in [4.69, 9.17) is 0 Å². The number of fused-ring (bicyclic) bond motifs is 1. The molecule has 1 aromatic heterocycles. The van der Waals surface area contributed by atoms with Crippen molar-refractivity contribution in [3.05, 3.63) is 40.4 Å². The zero-order valence-electron chi connectivity index (χ0n) is 12.4. The third kappa shape index (κ3) is 2.42. The van der Waals surface area contributed by atoms with Crippen LogP contribution < -0.4 is 4.90 Å². The van der Waals surface area contributed by atoms with E-state index >= 15 is 0 Å². The smallest absolute Gasteiger partial charge is 0.347 e. The molecular formula is C16H18N2O2S. The number of carbonyl (C=O) groups is 1. The molecule has 5 heteroatoms. The molecule has 21 heavy (non-hydrogen) atoms. The number of benzene rings is 1. The molecule has 0 bridgehead atoms. The van der Waals surface area contributed by atoms with Crippen LogP contribution in [0.2, 0.25) is 0 Å². The number of thiazole rings is 1. The van der Waals surface area contributed by atoms with Gasteiger partial charge in [0.15, 0.2) is 5.13 Å². The van der Waals surface area contributed by atoms with E-state index in [1.54, 1.807) is 0 Å². The lowest BCUT2D eigenvalue weighted by atomic mass is 9.91. The monoisotopic (exact) mass is 302 g/mol. The van der Waals surface area contributed by atoms with E-state index in [0.717, 1.165) is 23.8 Å². The Morgan fingerprint density at radius 1 is 1.33 bits per heavy atom. The van der Waals surface area contributed by atoms with Crippen molar-refractivity contribution in [3.63, 3.8) is 0 Å². The van der Waals surface area contributed by atoms with Gasteiger partial charge in [0.2, 0.25) is 0 Å². The quantitative estimate of drug-likeness (QED) is 0.916. The third-order valence-corrected chi connectivity index (χ3v) is 4.70. The number of nitrogens with zero attached hydrogens (tertiary/aromatic N) is 2. The van der Waals surface area contributed by atoms with E-state index in [2.05, 4.69) is 22.0 Å². The number of hydrogen-bond acceptors (Lipinski definition) is 4. The van der Waals surface area contributed by atoms with Crippen LogP contribution in [0.25, 0.3) is 0 Å². The van der Waals surface area contributed by atoms with Crippen molar-refractivity contribution in [2.45, 2.75) is 32.6 Å². The Bertz CT molecular complexity index is 701. The summed E-state index contributed by atoms with van der Waals surface area (Å²) in [6, 6.07) is 8.23. The van der Waals surface area contributed by atoms with Crippen LogP contribution in [0, 0.1) is 0 Å². The second kappa shape index (κ2) is 4.84. The van der Waals surface area contributed by atoms with Crippen molar-refractivity contribution < 1.29 is 9.90 Å². The van der Waals surface area contributed by atoms with Crippen LogP contribution in [0.1, 0.15) is 41.7 Å². The number of carboxylic acids is 1. The van der Waals surface area contributed by atoms with Gasteiger partial charge in [-0.15, -0.1) is 0 Å². The van der Waals surface area contributed by atoms with Gasteiger partial charge in [-0.05, 0) is 18.1 Å². The predicted octanol–water partition coefficient (Wildman–Crippen LogP) is 3.83. The fourth-order valence-corrected chi connectivity index (χ4v) is 3.77. The van der Waals surface area contributed by atoms with Crippen LogP contribution in [-0.4, -0.2) is 22.6 Å². The minimum atomic E-state index is -0.892. The molecule has 0 amide bonds. The topological polar surface area (TPSA) is 53.4 Å². The minimum Gasteiger partial charge on any atom is -0.477 e. The SMILES string of the molecule is CC(C)(C)c1nc(N2CCc3ccccc32)sc1C(=O)O. The molecule has 2 aromatic rings. The van der Waals surface area contributed by atoms with Crippen LogP contribution in [0.3, 0.4) is 0 Å². The summed E-state index contributed by atoms with van der Waals surface area (Å²) in [5, 5.41) is 10.2. The molecule has 0 aliphatic carbocycles. The molecule has 0 saturated heterocycles. The van der Waals surface area contributed by atoms with Gasteiger partial charge in [0.25, 0.3) is 0 Å². The Kier molecular flexibility index (Phi) is 3.24. The summed E-state index contributed by atoms with van der Waals surface area (Å²) in [5.41, 5.74) is 2.83. The number of para-hydroxylation sites is 1. The lowest BCUT2D eigenvalue weighted by molar-refractivity contribution is 0.0699. The lowest BCUT2D eigenvalue weighted by Crippen LogP contribution is -2.17. The summed E-state index contributed by atoms with van der Waals surface area (Å²) in [5.74, 6) is -0.892. The number of anilines is 2. The Balaban J connectivity index is 2.07. The molecule has 1 aliphatic heterocycles. The van der Waals surface area contributed by atoms with Crippen molar-refractivity contribution >= 4 is 28.1 Å². The van der Waals surface area contributed by atoms with E-state index in [1.807, 2.05) is 32.9 Å². The molecule has 1 aliphatic rings. The molecule has 0 fully saturated rings. The predicted molar refractivity (Wildman–Crippen MR) is 84.9 cm³/mol. The lowest BCUT2D eigenvalue weighted by Gasteiger charge is -2.17. The van der Waals surface area contributed by atoms with Crippen molar-refractivity contribution in [1.29, 1.82) is 0 Å². The average Bonchev–Trinajstić information content (AvgIpc) is 3.01. The molecule has 1 aromatic carbocycles. The number of rotatable bonds is 2. The van der Waals surface area contributed by atoms with Crippen LogP contribution >= 0.6 is 11.3 Å².